The minimum absolute atomic E-state index is 0.269. The molecule has 20 heavy (non-hydrogen) atoms. The molecule has 1 aliphatic carbocycles. The van der Waals surface area contributed by atoms with Crippen LogP contribution >= 0.6 is 0 Å². The fourth-order valence-corrected chi connectivity index (χ4v) is 2.98. The number of nitrogens with one attached hydrogen (secondary N) is 1. The van der Waals surface area contributed by atoms with Crippen LogP contribution in [0.5, 0.6) is 0 Å². The number of anilines is 1. The van der Waals surface area contributed by atoms with Gasteiger partial charge >= 0.3 is 0 Å². The van der Waals surface area contributed by atoms with Crippen molar-refractivity contribution in [2.24, 2.45) is 0 Å². The summed E-state index contributed by atoms with van der Waals surface area (Å²) in [5.74, 6) is 0. The second-order valence-corrected chi connectivity index (χ2v) is 5.11. The largest absolute Gasteiger partial charge is 0.374 e. The Morgan fingerprint density at radius 2 is 1.60 bits per heavy atom. The highest BCUT2D eigenvalue weighted by Gasteiger charge is 2.25. The van der Waals surface area contributed by atoms with Gasteiger partial charge in [0.1, 0.15) is 0 Å². The lowest BCUT2D eigenvalue weighted by Crippen LogP contribution is -2.25. The molecular weight excluding hydrogens is 242 g/mol. The smallest absolute Gasteiger partial charge is 0.0707 e. The molecule has 1 aliphatic heterocycles. The van der Waals surface area contributed by atoms with E-state index in [9.17, 15) is 0 Å². The van der Waals surface area contributed by atoms with E-state index in [1.807, 2.05) is 0 Å². The van der Waals surface area contributed by atoms with Crippen LogP contribution in [0.1, 0.15) is 11.1 Å². The Morgan fingerprint density at radius 3 is 2.50 bits per heavy atom. The van der Waals surface area contributed by atoms with Gasteiger partial charge in [-0.15, -0.1) is 0 Å². The molecule has 2 aliphatic rings. The summed E-state index contributed by atoms with van der Waals surface area (Å²) >= 11 is 0. The zero-order valence-electron chi connectivity index (χ0n) is 11.1. The Labute approximate surface area is 119 Å². The average Bonchev–Trinajstić information content (AvgIpc) is 2.53. The van der Waals surface area contributed by atoms with Crippen LogP contribution in [-0.4, -0.2) is 6.04 Å². The van der Waals surface area contributed by atoms with E-state index < -0.39 is 0 Å². The maximum Gasteiger partial charge on any atom is 0.0707 e. The van der Waals surface area contributed by atoms with E-state index in [4.69, 9.17) is 0 Å². The van der Waals surface area contributed by atoms with Crippen LogP contribution in [0.25, 0.3) is 5.57 Å². The van der Waals surface area contributed by atoms with Gasteiger partial charge < -0.3 is 5.32 Å². The molecule has 0 amide bonds. The van der Waals surface area contributed by atoms with E-state index in [2.05, 4.69) is 84.2 Å². The minimum Gasteiger partial charge on any atom is -0.374 e. The molecule has 2 aromatic rings. The standard InChI is InChI=1S/C19H15N/c1-2-8-14(9-3-1)19-15-10-4-6-12-17(15)20-18-13-7-5-11-16(18)19/h1-13,17,20H. The summed E-state index contributed by atoms with van der Waals surface area (Å²) in [7, 11) is 0. The summed E-state index contributed by atoms with van der Waals surface area (Å²) in [6.45, 7) is 0. The molecule has 0 aromatic heterocycles. The van der Waals surface area contributed by atoms with Crippen molar-refractivity contribution in [2.75, 3.05) is 5.32 Å². The normalized spacial score (nSPS) is 19.3. The van der Waals surface area contributed by atoms with E-state index >= 15 is 0 Å². The Kier molecular flexibility index (Phi) is 2.56. The third-order valence-electron chi connectivity index (χ3n) is 3.88. The number of benzene rings is 2. The predicted octanol–water partition coefficient (Wildman–Crippen LogP) is 4.41. The van der Waals surface area contributed by atoms with Crippen LogP contribution in [0.15, 0.2) is 84.5 Å². The van der Waals surface area contributed by atoms with Crippen LogP contribution < -0.4 is 5.32 Å². The minimum atomic E-state index is 0.269. The fourth-order valence-electron chi connectivity index (χ4n) is 2.98. The van der Waals surface area contributed by atoms with Crippen LogP contribution in [0.2, 0.25) is 0 Å². The summed E-state index contributed by atoms with van der Waals surface area (Å²) in [5, 5.41) is 3.60. The van der Waals surface area contributed by atoms with Gasteiger partial charge in [0.2, 0.25) is 0 Å². The first-order valence-corrected chi connectivity index (χ1v) is 6.94. The van der Waals surface area contributed by atoms with Crippen LogP contribution in [0, 0.1) is 0 Å². The highest BCUT2D eigenvalue weighted by atomic mass is 14.9. The summed E-state index contributed by atoms with van der Waals surface area (Å²) in [6, 6.07) is 19.5. The van der Waals surface area contributed by atoms with E-state index in [1.165, 1.54) is 28.0 Å². The van der Waals surface area contributed by atoms with Crippen molar-refractivity contribution < 1.29 is 0 Å². The van der Waals surface area contributed by atoms with Gasteiger partial charge in [-0.1, -0.05) is 72.8 Å². The Bertz CT molecular complexity index is 735. The van der Waals surface area contributed by atoms with Crippen molar-refractivity contribution in [2.45, 2.75) is 6.04 Å². The van der Waals surface area contributed by atoms with Gasteiger partial charge in [-0.05, 0) is 22.8 Å². The molecular formula is C19H15N. The zero-order valence-corrected chi connectivity index (χ0v) is 11.1. The van der Waals surface area contributed by atoms with Gasteiger partial charge in [-0.25, -0.2) is 0 Å². The van der Waals surface area contributed by atoms with E-state index in [1.54, 1.807) is 0 Å². The molecule has 0 saturated carbocycles. The van der Waals surface area contributed by atoms with E-state index in [0.717, 1.165) is 0 Å². The lowest BCUT2D eigenvalue weighted by atomic mass is 9.84. The van der Waals surface area contributed by atoms with Gasteiger partial charge in [-0.2, -0.15) is 0 Å². The maximum atomic E-state index is 3.60. The van der Waals surface area contributed by atoms with Crippen molar-refractivity contribution in [1.29, 1.82) is 0 Å². The summed E-state index contributed by atoms with van der Waals surface area (Å²) in [6.07, 6.45) is 8.66. The van der Waals surface area contributed by atoms with Gasteiger partial charge in [0.25, 0.3) is 0 Å². The zero-order chi connectivity index (χ0) is 13.4. The summed E-state index contributed by atoms with van der Waals surface area (Å²) in [4.78, 5) is 0. The van der Waals surface area contributed by atoms with Crippen molar-refractivity contribution in [3.63, 3.8) is 0 Å². The Hall–Kier alpha value is -2.54. The molecule has 1 heterocycles. The molecule has 96 valence electrons. The molecule has 0 radical (unpaired) electrons. The third-order valence-corrected chi connectivity index (χ3v) is 3.88. The van der Waals surface area contributed by atoms with Crippen LogP contribution in [0.4, 0.5) is 5.69 Å². The molecule has 1 nitrogen and oxygen atoms in total. The Balaban J connectivity index is 2.01. The average molecular weight is 257 g/mol. The van der Waals surface area contributed by atoms with E-state index in [0.29, 0.717) is 0 Å². The molecule has 0 saturated heterocycles. The first kappa shape index (κ1) is 11.3. The number of fused-ring (bicyclic) bond motifs is 2. The lowest BCUT2D eigenvalue weighted by molar-refractivity contribution is 1.03. The molecule has 1 N–H and O–H groups in total. The molecule has 2 aromatic carbocycles. The number of rotatable bonds is 1. The maximum absolute atomic E-state index is 3.60. The predicted molar refractivity (Wildman–Crippen MR) is 84.6 cm³/mol. The highest BCUT2D eigenvalue weighted by molar-refractivity contribution is 5.93. The lowest BCUT2D eigenvalue weighted by Gasteiger charge is -2.30. The number of hydrogen-bond acceptors (Lipinski definition) is 1. The molecule has 1 heteroatoms. The SMILES string of the molecule is C1=CC2=C(c3ccccc3)c3ccccc3NC2C=C1. The van der Waals surface area contributed by atoms with Crippen LogP contribution in [0.3, 0.4) is 0 Å². The molecule has 1 unspecified atom stereocenters. The van der Waals surface area contributed by atoms with Crippen molar-refractivity contribution in [3.8, 4) is 0 Å². The molecule has 4 rings (SSSR count). The number of allylic oxidation sites excluding steroid dienone is 2. The second-order valence-electron chi connectivity index (χ2n) is 5.11. The quantitative estimate of drug-likeness (QED) is 0.798. The van der Waals surface area contributed by atoms with Crippen molar-refractivity contribution in [3.05, 3.63) is 95.6 Å². The number of para-hydroxylation sites is 1. The summed E-state index contributed by atoms with van der Waals surface area (Å²) < 4.78 is 0. The molecule has 0 spiro atoms. The van der Waals surface area contributed by atoms with Gasteiger partial charge in [-0.3, -0.25) is 0 Å². The van der Waals surface area contributed by atoms with Crippen molar-refractivity contribution in [1.82, 2.24) is 0 Å². The second kappa shape index (κ2) is 4.53. The fraction of sp³-hybridized carbons (Fsp3) is 0.0526. The van der Waals surface area contributed by atoms with Crippen molar-refractivity contribution >= 4 is 11.3 Å². The molecule has 0 fully saturated rings. The van der Waals surface area contributed by atoms with Gasteiger partial charge in [0.15, 0.2) is 0 Å². The highest BCUT2D eigenvalue weighted by Crippen LogP contribution is 2.39. The molecule has 0 bridgehead atoms. The van der Waals surface area contributed by atoms with Crippen LogP contribution in [-0.2, 0) is 0 Å². The topological polar surface area (TPSA) is 12.0 Å². The number of hydrogen-bond donors (Lipinski definition) is 1. The molecule has 1 atom stereocenters. The first-order chi connectivity index (χ1) is 9.93. The first-order valence-electron chi connectivity index (χ1n) is 6.94. The Morgan fingerprint density at radius 1 is 0.800 bits per heavy atom. The monoisotopic (exact) mass is 257 g/mol. The van der Waals surface area contributed by atoms with Gasteiger partial charge in [0.05, 0.1) is 6.04 Å². The van der Waals surface area contributed by atoms with E-state index in [-0.39, 0.29) is 6.04 Å². The third kappa shape index (κ3) is 1.71. The van der Waals surface area contributed by atoms with Gasteiger partial charge in [0, 0.05) is 11.3 Å². The summed E-state index contributed by atoms with van der Waals surface area (Å²) in [5.41, 5.74) is 6.45.